The van der Waals surface area contributed by atoms with Gasteiger partial charge < -0.3 is 19.7 Å². The van der Waals surface area contributed by atoms with E-state index in [4.69, 9.17) is 9.47 Å². The minimum absolute atomic E-state index is 0.0192. The van der Waals surface area contributed by atoms with Crippen LogP contribution in [0.3, 0.4) is 0 Å². The van der Waals surface area contributed by atoms with Crippen LogP contribution in [0.4, 0.5) is 0 Å². The van der Waals surface area contributed by atoms with Gasteiger partial charge in [0.25, 0.3) is 0 Å². The second-order valence-electron chi connectivity index (χ2n) is 5.55. The van der Waals surface area contributed by atoms with Crippen molar-refractivity contribution in [2.24, 2.45) is 0 Å². The highest BCUT2D eigenvalue weighted by atomic mass is 16.5. The summed E-state index contributed by atoms with van der Waals surface area (Å²) < 4.78 is 10.5. The Kier molecular flexibility index (Phi) is 8.68. The van der Waals surface area contributed by atoms with Gasteiger partial charge in [-0.1, -0.05) is 13.0 Å². The molecule has 0 aliphatic heterocycles. The van der Waals surface area contributed by atoms with Crippen molar-refractivity contribution in [3.63, 3.8) is 0 Å². The number of nitrogens with zero attached hydrogens (tertiary/aromatic N) is 1. The SMILES string of the molecule is CCCNC(=O)CCN(CCc1ccc(OC)c(OC)c1)C(C)=O. The first-order chi connectivity index (χ1) is 11.5. The summed E-state index contributed by atoms with van der Waals surface area (Å²) in [5.74, 6) is 1.30. The standard InChI is InChI=1S/C18H28N2O4/c1-5-10-19-18(22)9-12-20(14(2)21)11-8-15-6-7-16(23-3)17(13-15)24-4/h6-7,13H,5,8-12H2,1-4H3,(H,19,22). The molecule has 1 aromatic rings. The van der Waals surface area contributed by atoms with Crippen molar-refractivity contribution < 1.29 is 19.1 Å². The van der Waals surface area contributed by atoms with E-state index in [1.807, 2.05) is 25.1 Å². The van der Waals surface area contributed by atoms with E-state index in [1.165, 1.54) is 6.92 Å². The molecule has 0 bridgehead atoms. The maximum Gasteiger partial charge on any atom is 0.221 e. The van der Waals surface area contributed by atoms with E-state index >= 15 is 0 Å². The molecule has 0 spiro atoms. The minimum atomic E-state index is -0.0289. The molecule has 6 heteroatoms. The van der Waals surface area contributed by atoms with Crippen LogP contribution in [0, 0.1) is 0 Å². The van der Waals surface area contributed by atoms with Crippen LogP contribution in [0.1, 0.15) is 32.3 Å². The molecule has 0 aliphatic rings. The van der Waals surface area contributed by atoms with E-state index in [0.29, 0.717) is 44.0 Å². The zero-order valence-corrected chi connectivity index (χ0v) is 15.1. The number of hydrogen-bond donors (Lipinski definition) is 1. The van der Waals surface area contributed by atoms with E-state index in [-0.39, 0.29) is 11.8 Å². The van der Waals surface area contributed by atoms with Gasteiger partial charge in [-0.25, -0.2) is 0 Å². The van der Waals surface area contributed by atoms with E-state index in [2.05, 4.69) is 5.32 Å². The van der Waals surface area contributed by atoms with Crippen molar-refractivity contribution >= 4 is 11.8 Å². The summed E-state index contributed by atoms with van der Waals surface area (Å²) in [6.45, 7) is 5.19. The maximum atomic E-state index is 11.8. The van der Waals surface area contributed by atoms with Gasteiger partial charge >= 0.3 is 0 Å². The van der Waals surface area contributed by atoms with Gasteiger partial charge in [0.2, 0.25) is 11.8 Å². The molecule has 134 valence electrons. The Balaban J connectivity index is 2.57. The van der Waals surface area contributed by atoms with Crippen LogP contribution in [-0.2, 0) is 16.0 Å². The van der Waals surface area contributed by atoms with Crippen molar-refractivity contribution in [2.75, 3.05) is 33.9 Å². The third-order valence-electron chi connectivity index (χ3n) is 3.74. The quantitative estimate of drug-likeness (QED) is 0.710. The number of methoxy groups -OCH3 is 2. The number of carbonyl (C=O) groups is 2. The zero-order chi connectivity index (χ0) is 17.9. The Morgan fingerprint density at radius 3 is 2.42 bits per heavy atom. The fraction of sp³-hybridized carbons (Fsp3) is 0.556. The Morgan fingerprint density at radius 1 is 1.12 bits per heavy atom. The second kappa shape index (κ2) is 10.5. The van der Waals surface area contributed by atoms with Crippen LogP contribution >= 0.6 is 0 Å². The van der Waals surface area contributed by atoms with Crippen molar-refractivity contribution in [3.8, 4) is 11.5 Å². The van der Waals surface area contributed by atoms with E-state index in [1.54, 1.807) is 19.1 Å². The van der Waals surface area contributed by atoms with Crippen molar-refractivity contribution in [1.29, 1.82) is 0 Å². The highest BCUT2D eigenvalue weighted by molar-refractivity contribution is 5.78. The van der Waals surface area contributed by atoms with Crippen LogP contribution in [0.25, 0.3) is 0 Å². The zero-order valence-electron chi connectivity index (χ0n) is 15.1. The summed E-state index contributed by atoms with van der Waals surface area (Å²) in [7, 11) is 3.19. The second-order valence-corrected chi connectivity index (χ2v) is 5.55. The smallest absolute Gasteiger partial charge is 0.221 e. The van der Waals surface area contributed by atoms with Crippen molar-refractivity contribution in [1.82, 2.24) is 10.2 Å². The lowest BCUT2D eigenvalue weighted by atomic mass is 10.1. The molecule has 24 heavy (non-hydrogen) atoms. The summed E-state index contributed by atoms with van der Waals surface area (Å²) in [6, 6.07) is 5.71. The predicted molar refractivity (Wildman–Crippen MR) is 93.4 cm³/mol. The Hall–Kier alpha value is -2.24. The van der Waals surface area contributed by atoms with Crippen LogP contribution in [0.15, 0.2) is 18.2 Å². The van der Waals surface area contributed by atoms with Crippen LogP contribution in [0.5, 0.6) is 11.5 Å². The molecule has 0 aliphatic carbocycles. The van der Waals surface area contributed by atoms with Crippen molar-refractivity contribution in [2.45, 2.75) is 33.1 Å². The Labute approximate surface area is 144 Å². The molecule has 6 nitrogen and oxygen atoms in total. The third-order valence-corrected chi connectivity index (χ3v) is 3.74. The summed E-state index contributed by atoms with van der Waals surface area (Å²) in [4.78, 5) is 25.1. The molecule has 1 aromatic carbocycles. The average molecular weight is 336 g/mol. The number of carbonyl (C=O) groups excluding carboxylic acids is 2. The molecule has 0 heterocycles. The number of nitrogens with one attached hydrogen (secondary N) is 1. The molecular weight excluding hydrogens is 308 g/mol. The van der Waals surface area contributed by atoms with Crippen LogP contribution < -0.4 is 14.8 Å². The first-order valence-corrected chi connectivity index (χ1v) is 8.24. The third kappa shape index (κ3) is 6.48. The van der Waals surface area contributed by atoms with Gasteiger partial charge in [-0.2, -0.15) is 0 Å². The van der Waals surface area contributed by atoms with Crippen molar-refractivity contribution in [3.05, 3.63) is 23.8 Å². The minimum Gasteiger partial charge on any atom is -0.493 e. The predicted octanol–water partition coefficient (Wildman–Crippen LogP) is 2.01. The van der Waals surface area contributed by atoms with Crippen LogP contribution in [-0.4, -0.2) is 50.6 Å². The van der Waals surface area contributed by atoms with Gasteiger partial charge in [-0.3, -0.25) is 9.59 Å². The largest absolute Gasteiger partial charge is 0.493 e. The fourth-order valence-corrected chi connectivity index (χ4v) is 2.32. The van der Waals surface area contributed by atoms with E-state index in [9.17, 15) is 9.59 Å². The number of amides is 2. The van der Waals surface area contributed by atoms with Gasteiger partial charge in [0.1, 0.15) is 0 Å². The number of rotatable bonds is 10. The molecule has 1 rings (SSSR count). The van der Waals surface area contributed by atoms with E-state index in [0.717, 1.165) is 12.0 Å². The Morgan fingerprint density at radius 2 is 1.83 bits per heavy atom. The Bertz CT molecular complexity index is 546. The summed E-state index contributed by atoms with van der Waals surface area (Å²) >= 11 is 0. The lowest BCUT2D eigenvalue weighted by molar-refractivity contribution is -0.129. The molecular formula is C18H28N2O4. The molecule has 0 saturated heterocycles. The average Bonchev–Trinajstić information content (AvgIpc) is 2.59. The molecule has 0 aromatic heterocycles. The monoisotopic (exact) mass is 336 g/mol. The number of benzene rings is 1. The summed E-state index contributed by atoms with van der Waals surface area (Å²) in [5, 5.41) is 2.82. The molecule has 0 atom stereocenters. The van der Waals surface area contributed by atoms with Gasteiger partial charge in [0.05, 0.1) is 14.2 Å². The van der Waals surface area contributed by atoms with Gasteiger partial charge in [-0.05, 0) is 30.5 Å². The van der Waals surface area contributed by atoms with Gasteiger partial charge in [0, 0.05) is 33.0 Å². The molecule has 0 radical (unpaired) electrons. The first kappa shape index (κ1) is 19.8. The molecule has 0 unspecified atom stereocenters. The maximum absolute atomic E-state index is 11.8. The normalized spacial score (nSPS) is 10.2. The lowest BCUT2D eigenvalue weighted by Crippen LogP contribution is -2.35. The highest BCUT2D eigenvalue weighted by Crippen LogP contribution is 2.27. The van der Waals surface area contributed by atoms with E-state index < -0.39 is 0 Å². The van der Waals surface area contributed by atoms with Gasteiger partial charge in [-0.15, -0.1) is 0 Å². The molecule has 0 fully saturated rings. The first-order valence-electron chi connectivity index (χ1n) is 8.24. The molecule has 1 N–H and O–H groups in total. The topological polar surface area (TPSA) is 67.9 Å². The molecule has 0 saturated carbocycles. The highest BCUT2D eigenvalue weighted by Gasteiger charge is 2.12. The lowest BCUT2D eigenvalue weighted by Gasteiger charge is -2.21. The molecule has 2 amide bonds. The van der Waals surface area contributed by atoms with Gasteiger partial charge in [0.15, 0.2) is 11.5 Å². The fourth-order valence-electron chi connectivity index (χ4n) is 2.32. The number of ether oxygens (including phenoxy) is 2. The van der Waals surface area contributed by atoms with Crippen LogP contribution in [0.2, 0.25) is 0 Å². The summed E-state index contributed by atoms with van der Waals surface area (Å²) in [6.07, 6.45) is 1.92. The number of hydrogen-bond acceptors (Lipinski definition) is 4. The summed E-state index contributed by atoms with van der Waals surface area (Å²) in [5.41, 5.74) is 1.05.